The van der Waals surface area contributed by atoms with Crippen LogP contribution in [0.4, 0.5) is 0 Å². The Balaban J connectivity index is 1.35. The maximum atomic E-state index is 12.4. The van der Waals surface area contributed by atoms with Crippen molar-refractivity contribution in [3.05, 3.63) is 70.3 Å². The average Bonchev–Trinajstić information content (AvgIpc) is 2.96. The van der Waals surface area contributed by atoms with E-state index in [1.165, 1.54) is 24.0 Å². The Morgan fingerprint density at radius 1 is 1.00 bits per heavy atom. The molecule has 2 aromatic rings. The molecular weight excluding hydrogens is 352 g/mol. The van der Waals surface area contributed by atoms with E-state index in [-0.39, 0.29) is 36.7 Å². The molecule has 0 aromatic heterocycles. The number of benzene rings is 2. The van der Waals surface area contributed by atoms with Crippen LogP contribution in [-0.2, 0) is 17.6 Å². The van der Waals surface area contributed by atoms with E-state index in [2.05, 4.69) is 23.5 Å². The first kappa shape index (κ1) is 18.4. The number of aryl methyl sites for hydroxylation is 2. The van der Waals surface area contributed by atoms with Gasteiger partial charge in [0.2, 0.25) is 5.91 Å². The molecule has 4 rings (SSSR count). The Morgan fingerprint density at radius 3 is 2.32 bits per heavy atom. The van der Waals surface area contributed by atoms with E-state index >= 15 is 0 Å². The van der Waals surface area contributed by atoms with Crippen molar-refractivity contribution in [2.24, 2.45) is 0 Å². The number of nitrogens with one attached hydrogen (secondary N) is 1. The van der Waals surface area contributed by atoms with E-state index in [9.17, 15) is 14.4 Å². The van der Waals surface area contributed by atoms with Crippen molar-refractivity contribution in [2.45, 2.75) is 45.1 Å². The summed E-state index contributed by atoms with van der Waals surface area (Å²) in [7, 11) is 0. The fraction of sp³-hybridized carbons (Fsp3) is 0.348. The fourth-order valence-corrected chi connectivity index (χ4v) is 4.08. The van der Waals surface area contributed by atoms with Gasteiger partial charge < -0.3 is 5.32 Å². The molecule has 1 aliphatic heterocycles. The van der Waals surface area contributed by atoms with Crippen LogP contribution in [0, 0.1) is 0 Å². The molecule has 0 bridgehead atoms. The Morgan fingerprint density at radius 2 is 1.64 bits per heavy atom. The lowest BCUT2D eigenvalue weighted by Crippen LogP contribution is -2.35. The predicted molar refractivity (Wildman–Crippen MR) is 106 cm³/mol. The van der Waals surface area contributed by atoms with Gasteiger partial charge in [-0.05, 0) is 61.4 Å². The fourth-order valence-electron chi connectivity index (χ4n) is 4.08. The van der Waals surface area contributed by atoms with Gasteiger partial charge in [0.05, 0.1) is 17.2 Å². The van der Waals surface area contributed by atoms with Crippen molar-refractivity contribution in [1.29, 1.82) is 0 Å². The molecule has 2 aromatic carbocycles. The Bertz CT molecular complexity index is 916. The van der Waals surface area contributed by atoms with Gasteiger partial charge in [-0.2, -0.15) is 0 Å². The second-order valence-corrected chi connectivity index (χ2v) is 7.58. The quantitative estimate of drug-likeness (QED) is 0.813. The van der Waals surface area contributed by atoms with Crippen molar-refractivity contribution < 1.29 is 14.4 Å². The number of fused-ring (bicyclic) bond motifs is 2. The lowest BCUT2D eigenvalue weighted by atomic mass is 9.89. The van der Waals surface area contributed by atoms with Crippen molar-refractivity contribution in [1.82, 2.24) is 10.2 Å². The summed E-state index contributed by atoms with van der Waals surface area (Å²) >= 11 is 0. The zero-order valence-corrected chi connectivity index (χ0v) is 16.0. The van der Waals surface area contributed by atoms with Gasteiger partial charge in [0, 0.05) is 13.0 Å². The van der Waals surface area contributed by atoms with Gasteiger partial charge >= 0.3 is 0 Å². The summed E-state index contributed by atoms with van der Waals surface area (Å²) < 4.78 is 0. The number of hydrogen-bond acceptors (Lipinski definition) is 3. The maximum absolute atomic E-state index is 12.4. The zero-order valence-electron chi connectivity index (χ0n) is 16.0. The first-order valence-corrected chi connectivity index (χ1v) is 9.91. The Labute approximate surface area is 164 Å². The van der Waals surface area contributed by atoms with Gasteiger partial charge in [-0.1, -0.05) is 30.3 Å². The number of amides is 3. The second kappa shape index (κ2) is 7.58. The number of carbonyl (C=O) groups excluding carboxylic acids is 3. The molecule has 3 amide bonds. The van der Waals surface area contributed by atoms with Crippen LogP contribution in [0.15, 0.2) is 42.5 Å². The molecule has 0 spiro atoms. The molecule has 0 radical (unpaired) electrons. The molecule has 1 atom stereocenters. The van der Waals surface area contributed by atoms with Gasteiger partial charge in [-0.3, -0.25) is 19.3 Å². The van der Waals surface area contributed by atoms with Gasteiger partial charge in [0.1, 0.15) is 0 Å². The van der Waals surface area contributed by atoms with Gasteiger partial charge in [0.25, 0.3) is 11.8 Å². The molecular formula is C23H24N2O3. The smallest absolute Gasteiger partial charge is 0.261 e. The summed E-state index contributed by atoms with van der Waals surface area (Å²) in [5, 5.41) is 2.99. The minimum absolute atomic E-state index is 0.0923. The van der Waals surface area contributed by atoms with Gasteiger partial charge in [-0.15, -0.1) is 0 Å². The maximum Gasteiger partial charge on any atom is 0.261 e. The van der Waals surface area contributed by atoms with Crippen LogP contribution in [0.25, 0.3) is 0 Å². The van der Waals surface area contributed by atoms with E-state index in [0.29, 0.717) is 11.1 Å². The highest BCUT2D eigenvalue weighted by Gasteiger charge is 2.35. The third-order valence-electron chi connectivity index (χ3n) is 5.69. The number of carbonyl (C=O) groups is 3. The summed E-state index contributed by atoms with van der Waals surface area (Å²) in [6.07, 6.45) is 4.80. The van der Waals surface area contributed by atoms with Crippen molar-refractivity contribution in [3.63, 3.8) is 0 Å². The highest BCUT2D eigenvalue weighted by molar-refractivity contribution is 6.21. The molecule has 0 saturated carbocycles. The van der Waals surface area contributed by atoms with Gasteiger partial charge in [-0.25, -0.2) is 0 Å². The highest BCUT2D eigenvalue weighted by Crippen LogP contribution is 2.25. The van der Waals surface area contributed by atoms with Gasteiger partial charge in [0.15, 0.2) is 0 Å². The molecule has 144 valence electrons. The van der Waals surface area contributed by atoms with E-state index < -0.39 is 0 Å². The monoisotopic (exact) mass is 376 g/mol. The molecule has 1 aliphatic carbocycles. The topological polar surface area (TPSA) is 66.5 Å². The molecule has 1 heterocycles. The van der Waals surface area contributed by atoms with Crippen LogP contribution in [0.1, 0.15) is 69.6 Å². The lowest BCUT2D eigenvalue weighted by molar-refractivity contribution is -0.121. The molecule has 28 heavy (non-hydrogen) atoms. The number of hydrogen-bond donors (Lipinski definition) is 1. The molecule has 2 aliphatic rings. The first-order chi connectivity index (χ1) is 13.5. The predicted octanol–water partition coefficient (Wildman–Crippen LogP) is 3.43. The first-order valence-electron chi connectivity index (χ1n) is 9.91. The highest BCUT2D eigenvalue weighted by atomic mass is 16.2. The van der Waals surface area contributed by atoms with Crippen LogP contribution in [-0.4, -0.2) is 29.2 Å². The number of nitrogens with zero attached hydrogens (tertiary/aromatic N) is 1. The SMILES string of the molecule is C[C@@H](NC(=O)CCN1C(=O)c2ccccc2C1=O)c1ccc2c(c1)CCCC2. The van der Waals surface area contributed by atoms with E-state index in [1.54, 1.807) is 24.3 Å². The zero-order chi connectivity index (χ0) is 19.7. The third-order valence-corrected chi connectivity index (χ3v) is 5.69. The van der Waals surface area contributed by atoms with E-state index in [1.807, 2.05) is 6.92 Å². The lowest BCUT2D eigenvalue weighted by Gasteiger charge is -2.20. The van der Waals surface area contributed by atoms with Crippen molar-refractivity contribution in [2.75, 3.05) is 6.54 Å². The van der Waals surface area contributed by atoms with Crippen LogP contribution in [0.5, 0.6) is 0 Å². The third kappa shape index (κ3) is 3.44. The summed E-state index contributed by atoms with van der Waals surface area (Å²) in [4.78, 5) is 38.3. The van der Waals surface area contributed by atoms with E-state index in [0.717, 1.165) is 23.3 Å². The van der Waals surface area contributed by atoms with Crippen molar-refractivity contribution in [3.8, 4) is 0 Å². The Kier molecular flexibility index (Phi) is 4.99. The summed E-state index contributed by atoms with van der Waals surface area (Å²) in [6, 6.07) is 13.1. The van der Waals surface area contributed by atoms with Crippen molar-refractivity contribution >= 4 is 17.7 Å². The molecule has 1 N–H and O–H groups in total. The number of imide groups is 1. The van der Waals surface area contributed by atoms with E-state index in [4.69, 9.17) is 0 Å². The Hall–Kier alpha value is -2.95. The standard InChI is InChI=1S/C23H24N2O3/c1-15(17-11-10-16-6-2-3-7-18(16)14-17)24-21(26)12-13-25-22(27)19-8-4-5-9-20(19)23(25)28/h4-5,8-11,14-15H,2-3,6-7,12-13H2,1H3,(H,24,26)/t15-/m1/s1. The summed E-state index contributed by atoms with van der Waals surface area (Å²) in [6.45, 7) is 2.06. The molecule has 5 nitrogen and oxygen atoms in total. The average molecular weight is 376 g/mol. The molecule has 5 heteroatoms. The van der Waals surface area contributed by atoms with Crippen LogP contribution in [0.2, 0.25) is 0 Å². The minimum atomic E-state index is -0.323. The van der Waals surface area contributed by atoms with Crippen LogP contribution in [0.3, 0.4) is 0 Å². The summed E-state index contributed by atoms with van der Waals surface area (Å²) in [5.41, 5.74) is 4.72. The molecule has 0 saturated heterocycles. The number of rotatable bonds is 5. The second-order valence-electron chi connectivity index (χ2n) is 7.58. The normalized spacial score (nSPS) is 16.5. The largest absolute Gasteiger partial charge is 0.350 e. The molecule has 0 fully saturated rings. The van der Waals surface area contributed by atoms with Crippen LogP contribution >= 0.6 is 0 Å². The minimum Gasteiger partial charge on any atom is -0.350 e. The molecule has 0 unspecified atom stereocenters. The summed E-state index contributed by atoms with van der Waals surface area (Å²) in [5.74, 6) is -0.811. The van der Waals surface area contributed by atoms with Crippen LogP contribution < -0.4 is 5.32 Å².